The van der Waals surface area contributed by atoms with E-state index < -0.39 is 25.8 Å². The molecule has 2 unspecified atom stereocenters. The number of rotatable bonds is 4. The number of hydrogen-bond donors (Lipinski definition) is 0. The molecule has 46 heavy (non-hydrogen) atoms. The molecule has 0 aliphatic heterocycles. The van der Waals surface area contributed by atoms with Gasteiger partial charge >= 0.3 is 271 Å². The van der Waals surface area contributed by atoms with Gasteiger partial charge in [-0.1, -0.05) is 0 Å². The van der Waals surface area contributed by atoms with Crippen LogP contribution in [0.15, 0.2) is 132 Å². The van der Waals surface area contributed by atoms with Gasteiger partial charge in [0.05, 0.1) is 0 Å². The molecule has 0 saturated heterocycles. The van der Waals surface area contributed by atoms with Crippen molar-refractivity contribution in [2.24, 2.45) is 0 Å². The van der Waals surface area contributed by atoms with E-state index in [9.17, 15) is 0 Å². The predicted octanol–water partition coefficient (Wildman–Crippen LogP) is 12.7. The van der Waals surface area contributed by atoms with Crippen molar-refractivity contribution in [3.8, 4) is 22.3 Å². The standard InChI is InChI=1S/2C20H15.C2H6Si.2ClH.Zr/c2*1-14-11-17-7-4-8-19(20(17)12-14)18-10-9-15-5-2-3-6-16(15)13-18;1-3-2;;;/h2*2-13H,1H3;1-2H3;2*1H;. The van der Waals surface area contributed by atoms with Crippen LogP contribution in [0.5, 0.6) is 0 Å². The molecule has 6 aromatic carbocycles. The van der Waals surface area contributed by atoms with Gasteiger partial charge in [0.25, 0.3) is 0 Å². The number of allylic oxidation sites excluding steroid dienone is 2. The van der Waals surface area contributed by atoms with Crippen LogP contribution < -0.4 is 0 Å². The van der Waals surface area contributed by atoms with Crippen LogP contribution in [0.2, 0.25) is 13.1 Å². The molecule has 4 heteroatoms. The van der Waals surface area contributed by atoms with E-state index >= 15 is 0 Å². The van der Waals surface area contributed by atoms with E-state index in [1.54, 1.807) is 22.3 Å². The zero-order valence-corrected chi connectivity index (χ0v) is 31.8. The molecule has 2 aliphatic carbocycles. The summed E-state index contributed by atoms with van der Waals surface area (Å²) in [5.74, 6) is 0. The molecule has 0 spiro atoms. The molecule has 0 bridgehead atoms. The number of halogens is 2. The molecule has 0 heterocycles. The Labute approximate surface area is 293 Å². The first-order valence-electron chi connectivity index (χ1n) is 15.8. The molecule has 0 amide bonds. The average molecular weight is 733 g/mol. The average Bonchev–Trinajstić information content (AvgIpc) is 3.56. The molecule has 2 atom stereocenters. The van der Waals surface area contributed by atoms with Crippen molar-refractivity contribution in [3.63, 3.8) is 0 Å². The van der Waals surface area contributed by atoms with Gasteiger partial charge in [-0.2, -0.15) is 0 Å². The van der Waals surface area contributed by atoms with E-state index in [1.807, 2.05) is 0 Å². The van der Waals surface area contributed by atoms with E-state index in [4.69, 9.17) is 0 Å². The third-order valence-corrected chi connectivity index (χ3v) is 29.8. The van der Waals surface area contributed by atoms with E-state index in [0.29, 0.717) is 7.25 Å². The molecule has 0 radical (unpaired) electrons. The molecule has 0 aromatic heterocycles. The van der Waals surface area contributed by atoms with Crippen molar-refractivity contribution in [1.82, 2.24) is 0 Å². The molecule has 0 N–H and O–H groups in total. The van der Waals surface area contributed by atoms with E-state index in [0.717, 1.165) is 0 Å². The maximum atomic E-state index is 2.62. The second kappa shape index (κ2) is 13.2. The summed E-state index contributed by atoms with van der Waals surface area (Å²) in [6.45, 7) is 10.1. The maximum absolute atomic E-state index is 2.62. The van der Waals surface area contributed by atoms with Gasteiger partial charge in [-0.15, -0.1) is 24.8 Å². The van der Waals surface area contributed by atoms with Gasteiger partial charge in [0, 0.05) is 0 Å². The summed E-state index contributed by atoms with van der Waals surface area (Å²) in [6, 6.07) is 45.6. The zero-order chi connectivity index (χ0) is 29.9. The fourth-order valence-electron chi connectivity index (χ4n) is 7.89. The van der Waals surface area contributed by atoms with Crippen LogP contribution in [-0.4, -0.2) is 5.43 Å². The van der Waals surface area contributed by atoms with Gasteiger partial charge in [0.15, 0.2) is 0 Å². The Morgan fingerprint density at radius 3 is 1.30 bits per heavy atom. The van der Waals surface area contributed by atoms with Crippen LogP contribution in [0.3, 0.4) is 0 Å². The second-order valence-corrected chi connectivity index (χ2v) is 30.7. The second-order valence-electron chi connectivity index (χ2n) is 12.8. The van der Waals surface area contributed by atoms with Crippen molar-refractivity contribution < 1.29 is 20.4 Å². The smallest absolute Gasteiger partial charge is 0.147 e. The van der Waals surface area contributed by atoms with Crippen molar-refractivity contribution in [3.05, 3.63) is 155 Å². The molecule has 8 rings (SSSR count). The quantitative estimate of drug-likeness (QED) is 0.158. The Bertz CT molecular complexity index is 2090. The predicted molar refractivity (Wildman–Crippen MR) is 204 cm³/mol. The summed E-state index contributed by atoms with van der Waals surface area (Å²) >= 11 is -2.14. The van der Waals surface area contributed by atoms with Crippen molar-refractivity contribution in [1.29, 1.82) is 0 Å². The molecule has 0 nitrogen and oxygen atoms in total. The molecule has 0 saturated carbocycles. The molecule has 0 fully saturated rings. The van der Waals surface area contributed by atoms with Gasteiger partial charge < -0.3 is 0 Å². The van der Waals surface area contributed by atoms with Crippen molar-refractivity contribution in [2.45, 2.75) is 34.2 Å². The first-order valence-corrected chi connectivity index (χ1v) is 24.8. The summed E-state index contributed by atoms with van der Waals surface area (Å²) in [5, 5.41) is 5.23. The monoisotopic (exact) mass is 730 g/mol. The number of fused-ring (bicyclic) bond motifs is 4. The topological polar surface area (TPSA) is 0 Å². The van der Waals surface area contributed by atoms with Crippen LogP contribution in [0, 0.1) is 0 Å². The fourth-order valence-corrected chi connectivity index (χ4v) is 28.6. The number of benzene rings is 6. The van der Waals surface area contributed by atoms with Crippen LogP contribution in [0.4, 0.5) is 0 Å². The van der Waals surface area contributed by atoms with E-state index in [2.05, 4.69) is 160 Å². The largest absolute Gasteiger partial charge is 0.147 e. The summed E-state index contributed by atoms with van der Waals surface area (Å²) in [7, 11) is 0. The van der Waals surface area contributed by atoms with Crippen LogP contribution in [-0.2, 0) is 20.4 Å². The van der Waals surface area contributed by atoms with Gasteiger partial charge in [0.1, 0.15) is 0 Å². The minimum absolute atomic E-state index is 0. The summed E-state index contributed by atoms with van der Waals surface area (Å²) in [4.78, 5) is 0. The van der Waals surface area contributed by atoms with Gasteiger partial charge in [-0.05, 0) is 0 Å². The minimum atomic E-state index is -2.14. The molecule has 6 aromatic rings. The van der Waals surface area contributed by atoms with Crippen LogP contribution >= 0.6 is 24.8 Å². The molecular formula is C42H38Cl2SiZr. The minimum Gasteiger partial charge on any atom is -0.147 e. The van der Waals surface area contributed by atoms with Gasteiger partial charge in [-0.25, -0.2) is 0 Å². The Balaban J connectivity index is 0.00000186. The Morgan fingerprint density at radius 1 is 0.478 bits per heavy atom. The fraction of sp³-hybridized carbons (Fsp3) is 0.143. The Morgan fingerprint density at radius 2 is 0.891 bits per heavy atom. The summed E-state index contributed by atoms with van der Waals surface area (Å²) in [6.07, 6.45) is 5.10. The number of hydrogen-bond acceptors (Lipinski definition) is 0. The van der Waals surface area contributed by atoms with Crippen molar-refractivity contribution >= 4 is 63.9 Å². The third-order valence-electron chi connectivity index (χ3n) is 9.88. The van der Waals surface area contributed by atoms with E-state index in [-0.39, 0.29) is 24.8 Å². The maximum Gasteiger partial charge on any atom is -0.147 e. The Hall–Kier alpha value is -3.00. The van der Waals surface area contributed by atoms with Crippen LogP contribution in [0.25, 0.3) is 56.0 Å². The van der Waals surface area contributed by atoms with Crippen LogP contribution in [0.1, 0.15) is 43.4 Å². The summed E-state index contributed by atoms with van der Waals surface area (Å²) < 4.78 is 1.25. The van der Waals surface area contributed by atoms with E-state index in [1.165, 1.54) is 54.9 Å². The SMILES string of the molecule is CC1=Cc2c(-c3ccc4ccccc4c3)cccc2[CH]1[Zr]([CH]1C(C)=Cc2c(-c3ccc4ccccc4c3)cccc21)=[Si](C)C.Cl.Cl. The Kier molecular flexibility index (Phi) is 9.48. The normalized spacial score (nSPS) is 16.2. The molecule has 2 aliphatic rings. The zero-order valence-electron chi connectivity index (χ0n) is 26.7. The molecular weight excluding hydrogens is 695 g/mol. The molecule has 228 valence electrons. The first kappa shape index (κ1) is 32.9. The third kappa shape index (κ3) is 5.52. The summed E-state index contributed by atoms with van der Waals surface area (Å²) in [5.41, 5.74) is 14.3. The van der Waals surface area contributed by atoms with Crippen molar-refractivity contribution in [2.75, 3.05) is 0 Å². The first-order chi connectivity index (χ1) is 21.5. The van der Waals surface area contributed by atoms with Gasteiger partial charge in [-0.3, -0.25) is 0 Å². The van der Waals surface area contributed by atoms with Gasteiger partial charge in [0.2, 0.25) is 0 Å².